The van der Waals surface area contributed by atoms with Gasteiger partial charge in [-0.05, 0) is 32.2 Å². The van der Waals surface area contributed by atoms with Gasteiger partial charge in [0, 0.05) is 12.6 Å². The Bertz CT molecular complexity index is 199. The fraction of sp³-hybridized carbons (Fsp3) is 1.00. The van der Waals surface area contributed by atoms with Crippen molar-refractivity contribution < 1.29 is 5.11 Å². The topological polar surface area (TPSA) is 35.5 Å². The highest BCUT2D eigenvalue weighted by Crippen LogP contribution is 2.41. The van der Waals surface area contributed by atoms with Gasteiger partial charge in [0.2, 0.25) is 0 Å². The molecule has 2 rings (SSSR count). The van der Waals surface area contributed by atoms with Gasteiger partial charge in [-0.3, -0.25) is 4.90 Å². The summed E-state index contributed by atoms with van der Waals surface area (Å²) in [5.74, 6) is 0.630. The predicted molar refractivity (Wildman–Crippen MR) is 57.0 cm³/mol. The van der Waals surface area contributed by atoms with E-state index in [1.54, 1.807) is 0 Å². The predicted octanol–water partition coefficient (Wildman–Crippen LogP) is 0.787. The van der Waals surface area contributed by atoms with Gasteiger partial charge in [0.15, 0.2) is 0 Å². The zero-order valence-electron chi connectivity index (χ0n) is 9.45. The SMILES string of the molecule is CC(C)CN1C(C)C2(CCCN2)C1O. The Balaban J connectivity index is 2.00. The molecule has 2 saturated heterocycles. The van der Waals surface area contributed by atoms with Crippen LogP contribution in [0.3, 0.4) is 0 Å². The smallest absolute Gasteiger partial charge is 0.127 e. The highest BCUT2D eigenvalue weighted by molar-refractivity contribution is 5.14. The third-order valence-electron chi connectivity index (χ3n) is 3.82. The second-order valence-electron chi connectivity index (χ2n) is 5.21. The lowest BCUT2D eigenvalue weighted by Crippen LogP contribution is -2.79. The molecule has 0 saturated carbocycles. The molecule has 0 aromatic heterocycles. The number of hydrogen-bond donors (Lipinski definition) is 2. The van der Waals surface area contributed by atoms with Crippen molar-refractivity contribution in [1.29, 1.82) is 0 Å². The number of aliphatic hydroxyl groups excluding tert-OH is 1. The molecular formula is C11H22N2O. The number of rotatable bonds is 2. The molecule has 2 aliphatic heterocycles. The van der Waals surface area contributed by atoms with Crippen LogP contribution in [-0.2, 0) is 0 Å². The van der Waals surface area contributed by atoms with Gasteiger partial charge in [-0.25, -0.2) is 0 Å². The van der Waals surface area contributed by atoms with Gasteiger partial charge in [-0.1, -0.05) is 13.8 Å². The molecule has 14 heavy (non-hydrogen) atoms. The second-order valence-corrected chi connectivity index (χ2v) is 5.21. The lowest BCUT2D eigenvalue weighted by Gasteiger charge is -2.59. The summed E-state index contributed by atoms with van der Waals surface area (Å²) in [6.45, 7) is 8.70. The Morgan fingerprint density at radius 3 is 2.71 bits per heavy atom. The highest BCUT2D eigenvalue weighted by Gasteiger charge is 2.58. The van der Waals surface area contributed by atoms with E-state index >= 15 is 0 Å². The molecule has 1 spiro atoms. The van der Waals surface area contributed by atoms with E-state index in [0.717, 1.165) is 19.5 Å². The van der Waals surface area contributed by atoms with Crippen LogP contribution in [0.15, 0.2) is 0 Å². The maximum Gasteiger partial charge on any atom is 0.127 e. The number of likely N-dealkylation sites (tertiary alicyclic amines) is 1. The molecule has 0 bridgehead atoms. The molecule has 2 fully saturated rings. The molecule has 2 aliphatic rings. The fourth-order valence-electron chi connectivity index (χ4n) is 2.98. The van der Waals surface area contributed by atoms with E-state index in [4.69, 9.17) is 0 Å². The molecule has 0 aliphatic carbocycles. The Morgan fingerprint density at radius 2 is 2.29 bits per heavy atom. The Morgan fingerprint density at radius 1 is 1.57 bits per heavy atom. The van der Waals surface area contributed by atoms with Gasteiger partial charge in [0.25, 0.3) is 0 Å². The fourth-order valence-corrected chi connectivity index (χ4v) is 2.98. The summed E-state index contributed by atoms with van der Waals surface area (Å²) >= 11 is 0. The van der Waals surface area contributed by atoms with Crippen molar-refractivity contribution in [2.24, 2.45) is 5.92 Å². The molecule has 0 aromatic carbocycles. The van der Waals surface area contributed by atoms with E-state index < -0.39 is 0 Å². The molecule has 3 heteroatoms. The van der Waals surface area contributed by atoms with Crippen LogP contribution in [0.4, 0.5) is 0 Å². The van der Waals surface area contributed by atoms with Crippen molar-refractivity contribution in [3.05, 3.63) is 0 Å². The zero-order valence-corrected chi connectivity index (χ0v) is 9.45. The maximum absolute atomic E-state index is 10.1. The summed E-state index contributed by atoms with van der Waals surface area (Å²) < 4.78 is 0. The standard InChI is InChI=1S/C11H22N2O/c1-8(2)7-13-9(3)11(10(13)14)5-4-6-12-11/h8-10,12,14H,4-7H2,1-3H3. The van der Waals surface area contributed by atoms with Crippen LogP contribution in [0.25, 0.3) is 0 Å². The summed E-state index contributed by atoms with van der Waals surface area (Å²) in [4.78, 5) is 2.21. The molecule has 2 N–H and O–H groups in total. The Hall–Kier alpha value is -0.120. The molecule has 2 heterocycles. The molecule has 3 unspecified atom stereocenters. The minimum absolute atomic E-state index is 0.0227. The van der Waals surface area contributed by atoms with Gasteiger partial charge in [0.1, 0.15) is 6.23 Å². The molecule has 82 valence electrons. The van der Waals surface area contributed by atoms with Crippen LogP contribution in [0, 0.1) is 5.92 Å². The number of nitrogens with one attached hydrogen (secondary N) is 1. The molecule has 0 radical (unpaired) electrons. The first-order valence-electron chi connectivity index (χ1n) is 5.77. The third-order valence-corrected chi connectivity index (χ3v) is 3.82. The minimum atomic E-state index is -0.262. The average Bonchev–Trinajstić information content (AvgIpc) is 2.63. The average molecular weight is 198 g/mol. The van der Waals surface area contributed by atoms with Crippen LogP contribution in [0.5, 0.6) is 0 Å². The molecule has 0 aromatic rings. The van der Waals surface area contributed by atoms with E-state index in [1.165, 1.54) is 6.42 Å². The number of nitrogens with zero attached hydrogens (tertiary/aromatic N) is 1. The largest absolute Gasteiger partial charge is 0.376 e. The number of aliphatic hydroxyl groups is 1. The summed E-state index contributed by atoms with van der Waals surface area (Å²) in [5.41, 5.74) is 0.0227. The summed E-state index contributed by atoms with van der Waals surface area (Å²) in [6.07, 6.45) is 2.07. The van der Waals surface area contributed by atoms with Crippen LogP contribution in [-0.4, -0.2) is 40.9 Å². The first-order chi connectivity index (χ1) is 6.58. The van der Waals surface area contributed by atoms with Gasteiger partial charge >= 0.3 is 0 Å². The van der Waals surface area contributed by atoms with Gasteiger partial charge < -0.3 is 10.4 Å². The van der Waals surface area contributed by atoms with Crippen molar-refractivity contribution in [3.63, 3.8) is 0 Å². The lowest BCUT2D eigenvalue weighted by atomic mass is 9.77. The molecule has 3 atom stereocenters. The van der Waals surface area contributed by atoms with E-state index in [2.05, 4.69) is 31.0 Å². The van der Waals surface area contributed by atoms with Gasteiger partial charge in [-0.2, -0.15) is 0 Å². The monoisotopic (exact) mass is 198 g/mol. The zero-order chi connectivity index (χ0) is 10.3. The summed E-state index contributed by atoms with van der Waals surface area (Å²) in [7, 11) is 0. The van der Waals surface area contributed by atoms with Crippen molar-refractivity contribution in [2.45, 2.75) is 51.4 Å². The van der Waals surface area contributed by atoms with Crippen molar-refractivity contribution in [1.82, 2.24) is 10.2 Å². The number of hydrogen-bond acceptors (Lipinski definition) is 3. The van der Waals surface area contributed by atoms with Crippen LogP contribution in [0.1, 0.15) is 33.6 Å². The van der Waals surface area contributed by atoms with E-state index in [0.29, 0.717) is 12.0 Å². The minimum Gasteiger partial charge on any atom is -0.376 e. The Labute approximate surface area is 86.5 Å². The highest BCUT2D eigenvalue weighted by atomic mass is 16.3. The molecule has 3 nitrogen and oxygen atoms in total. The Kier molecular flexibility index (Phi) is 2.58. The second kappa shape index (κ2) is 3.47. The molecule has 0 amide bonds. The maximum atomic E-state index is 10.1. The van der Waals surface area contributed by atoms with Crippen molar-refractivity contribution in [2.75, 3.05) is 13.1 Å². The normalized spacial score (nSPS) is 43.5. The third kappa shape index (κ3) is 1.30. The van der Waals surface area contributed by atoms with Crippen molar-refractivity contribution in [3.8, 4) is 0 Å². The van der Waals surface area contributed by atoms with Gasteiger partial charge in [-0.15, -0.1) is 0 Å². The first-order valence-corrected chi connectivity index (χ1v) is 5.77. The van der Waals surface area contributed by atoms with Gasteiger partial charge in [0.05, 0.1) is 5.54 Å². The van der Waals surface area contributed by atoms with Crippen molar-refractivity contribution >= 4 is 0 Å². The quantitative estimate of drug-likeness (QED) is 0.688. The lowest BCUT2D eigenvalue weighted by molar-refractivity contribution is -0.195. The first kappa shape index (κ1) is 10.4. The van der Waals surface area contributed by atoms with E-state index in [9.17, 15) is 5.11 Å². The summed E-state index contributed by atoms with van der Waals surface area (Å²) in [5, 5.41) is 13.6. The summed E-state index contributed by atoms with van der Waals surface area (Å²) in [6, 6.07) is 0.488. The van der Waals surface area contributed by atoms with E-state index in [1.807, 2.05) is 0 Å². The van der Waals surface area contributed by atoms with Crippen LogP contribution >= 0.6 is 0 Å². The van der Waals surface area contributed by atoms with Crippen LogP contribution < -0.4 is 5.32 Å². The molecular weight excluding hydrogens is 176 g/mol. The van der Waals surface area contributed by atoms with Crippen LogP contribution in [0.2, 0.25) is 0 Å². The van der Waals surface area contributed by atoms with E-state index in [-0.39, 0.29) is 11.8 Å².